The third-order valence-corrected chi connectivity index (χ3v) is 9.20. The Bertz CT molecular complexity index is 1010. The van der Waals surface area contributed by atoms with Crippen LogP contribution in [0.4, 0.5) is 0 Å². The Labute approximate surface area is 169 Å². The van der Waals surface area contributed by atoms with E-state index < -0.39 is 20.0 Å². The van der Waals surface area contributed by atoms with E-state index in [9.17, 15) is 16.8 Å². The average Bonchev–Trinajstić information content (AvgIpc) is 3.16. The molecule has 1 saturated heterocycles. The highest BCUT2D eigenvalue weighted by molar-refractivity contribution is 7.89. The van der Waals surface area contributed by atoms with Gasteiger partial charge in [0.2, 0.25) is 20.0 Å². The zero-order valence-corrected chi connectivity index (χ0v) is 18.2. The minimum absolute atomic E-state index is 0.0434. The Morgan fingerprint density at radius 2 is 1.71 bits per heavy atom. The summed E-state index contributed by atoms with van der Waals surface area (Å²) in [5, 5.41) is 2.81. The van der Waals surface area contributed by atoms with E-state index in [2.05, 4.69) is 4.98 Å². The van der Waals surface area contributed by atoms with Crippen molar-refractivity contribution in [2.45, 2.75) is 29.7 Å². The lowest BCUT2D eigenvalue weighted by molar-refractivity contribution is 0.0730. The van der Waals surface area contributed by atoms with Crippen LogP contribution in [0.5, 0.6) is 0 Å². The van der Waals surface area contributed by atoms with Gasteiger partial charge in [-0.15, -0.1) is 11.3 Å². The molecule has 3 rings (SSSR count). The lowest BCUT2D eigenvalue weighted by atomic mass is 10.4. The Morgan fingerprint density at radius 3 is 2.29 bits per heavy atom. The van der Waals surface area contributed by atoms with Crippen LogP contribution in [0, 0.1) is 0 Å². The predicted molar refractivity (Wildman–Crippen MR) is 106 cm³/mol. The number of hydrogen-bond donors (Lipinski definition) is 0. The normalized spacial score (nSPS) is 16.5. The number of aromatic nitrogens is 1. The number of morpholine rings is 1. The molecule has 0 radical (unpaired) electrons. The number of aryl methyl sites for hydroxylation is 1. The first-order valence-electron chi connectivity index (χ1n) is 8.82. The zero-order valence-electron chi connectivity index (χ0n) is 15.7. The summed E-state index contributed by atoms with van der Waals surface area (Å²) in [6.07, 6.45) is 0.806. The summed E-state index contributed by atoms with van der Waals surface area (Å²) in [7, 11) is -5.92. The lowest BCUT2D eigenvalue weighted by Gasteiger charge is -2.26. The Morgan fingerprint density at radius 1 is 1.11 bits per heavy atom. The molecule has 1 aliphatic heterocycles. The second-order valence-electron chi connectivity index (χ2n) is 6.34. The molecule has 0 unspecified atom stereocenters. The van der Waals surface area contributed by atoms with Gasteiger partial charge in [0.1, 0.15) is 0 Å². The molecule has 154 valence electrons. The van der Waals surface area contributed by atoms with E-state index in [0.717, 1.165) is 11.4 Å². The van der Waals surface area contributed by atoms with Gasteiger partial charge in [-0.2, -0.15) is 8.61 Å². The molecule has 1 aliphatic rings. The van der Waals surface area contributed by atoms with Gasteiger partial charge in [0.25, 0.3) is 0 Å². The molecule has 1 aromatic heterocycles. The van der Waals surface area contributed by atoms with Crippen LogP contribution in [0.25, 0.3) is 0 Å². The number of rotatable bonds is 7. The number of sulfonamides is 2. The second kappa shape index (κ2) is 8.56. The van der Waals surface area contributed by atoms with Crippen LogP contribution in [-0.4, -0.2) is 63.8 Å². The molecular formula is C17H23N3O5S3. The summed E-state index contributed by atoms with van der Waals surface area (Å²) >= 11 is 1.50. The van der Waals surface area contributed by atoms with Gasteiger partial charge >= 0.3 is 0 Å². The highest BCUT2D eigenvalue weighted by Crippen LogP contribution is 2.22. The third kappa shape index (κ3) is 4.44. The summed E-state index contributed by atoms with van der Waals surface area (Å²) in [5.41, 5.74) is 0.694. The van der Waals surface area contributed by atoms with Gasteiger partial charge in [0, 0.05) is 25.5 Å². The van der Waals surface area contributed by atoms with Crippen molar-refractivity contribution in [2.24, 2.45) is 0 Å². The third-order valence-electron chi connectivity index (χ3n) is 4.43. The zero-order chi connectivity index (χ0) is 20.4. The number of nitrogens with zero attached hydrogens (tertiary/aromatic N) is 3. The van der Waals surface area contributed by atoms with Crippen LogP contribution in [0.2, 0.25) is 0 Å². The molecule has 0 amide bonds. The maximum absolute atomic E-state index is 12.8. The largest absolute Gasteiger partial charge is 0.379 e. The monoisotopic (exact) mass is 445 g/mol. The van der Waals surface area contributed by atoms with Gasteiger partial charge in [-0.05, 0) is 30.7 Å². The first kappa shape index (κ1) is 21.3. The minimum Gasteiger partial charge on any atom is -0.379 e. The first-order chi connectivity index (χ1) is 13.2. The van der Waals surface area contributed by atoms with Gasteiger partial charge < -0.3 is 4.74 Å². The molecule has 2 heterocycles. The maximum Gasteiger partial charge on any atom is 0.243 e. The van der Waals surface area contributed by atoms with Crippen LogP contribution in [0.3, 0.4) is 0 Å². The molecule has 0 aliphatic carbocycles. The predicted octanol–water partition coefficient (Wildman–Crippen LogP) is 1.55. The SMILES string of the molecule is CCc1nc(CN(C)S(=O)(=O)c2ccc(S(=O)(=O)N3CCOCC3)cc2)cs1. The fourth-order valence-corrected chi connectivity index (χ4v) is 6.08. The van der Waals surface area contributed by atoms with Crippen molar-refractivity contribution in [3.8, 4) is 0 Å². The summed E-state index contributed by atoms with van der Waals surface area (Å²) in [5.74, 6) is 0. The van der Waals surface area contributed by atoms with Gasteiger partial charge in [0.05, 0.1) is 40.3 Å². The summed E-state index contributed by atoms with van der Waals surface area (Å²) in [4.78, 5) is 4.51. The van der Waals surface area contributed by atoms with Crippen molar-refractivity contribution in [1.82, 2.24) is 13.6 Å². The summed E-state index contributed by atoms with van der Waals surface area (Å²) in [6.45, 7) is 3.44. The smallest absolute Gasteiger partial charge is 0.243 e. The first-order valence-corrected chi connectivity index (χ1v) is 12.6. The van der Waals surface area contributed by atoms with E-state index in [1.165, 1.54) is 51.3 Å². The number of hydrogen-bond acceptors (Lipinski definition) is 7. The van der Waals surface area contributed by atoms with Crippen LogP contribution in [-0.2, 0) is 37.7 Å². The van der Waals surface area contributed by atoms with E-state index in [1.54, 1.807) is 0 Å². The number of thiazole rings is 1. The van der Waals surface area contributed by atoms with E-state index in [0.29, 0.717) is 32.0 Å². The molecule has 1 aromatic carbocycles. The molecule has 2 aromatic rings. The fourth-order valence-electron chi connectivity index (χ4n) is 2.80. The van der Waals surface area contributed by atoms with Crippen molar-refractivity contribution in [3.05, 3.63) is 40.3 Å². The standard InChI is InChI=1S/C17H23N3O5S3/c1-3-17-18-14(13-26-17)12-19(2)27(21,22)15-4-6-16(7-5-15)28(23,24)20-8-10-25-11-9-20/h4-7,13H,3,8-12H2,1-2H3. The quantitative estimate of drug-likeness (QED) is 0.641. The van der Waals surface area contributed by atoms with Gasteiger partial charge in [-0.3, -0.25) is 0 Å². The van der Waals surface area contributed by atoms with Crippen LogP contribution in [0.15, 0.2) is 39.4 Å². The van der Waals surface area contributed by atoms with Gasteiger partial charge in [-0.1, -0.05) is 6.92 Å². The molecular weight excluding hydrogens is 422 g/mol. The lowest BCUT2D eigenvalue weighted by Crippen LogP contribution is -2.40. The summed E-state index contributed by atoms with van der Waals surface area (Å²) < 4.78 is 58.7. The molecule has 0 saturated carbocycles. The molecule has 0 bridgehead atoms. The highest BCUT2D eigenvalue weighted by Gasteiger charge is 2.27. The van der Waals surface area contributed by atoms with Gasteiger partial charge in [-0.25, -0.2) is 21.8 Å². The maximum atomic E-state index is 12.8. The van der Waals surface area contributed by atoms with E-state index in [4.69, 9.17) is 4.74 Å². The van der Waals surface area contributed by atoms with Crippen molar-refractivity contribution in [3.63, 3.8) is 0 Å². The summed E-state index contributed by atoms with van der Waals surface area (Å²) in [6, 6.07) is 5.34. The van der Waals surface area contributed by atoms with E-state index in [1.807, 2.05) is 12.3 Å². The van der Waals surface area contributed by atoms with Crippen LogP contribution < -0.4 is 0 Å². The average molecular weight is 446 g/mol. The van der Waals surface area contributed by atoms with E-state index in [-0.39, 0.29) is 16.3 Å². The molecule has 0 N–H and O–H groups in total. The Kier molecular flexibility index (Phi) is 6.52. The molecule has 1 fully saturated rings. The van der Waals surface area contributed by atoms with E-state index >= 15 is 0 Å². The highest BCUT2D eigenvalue weighted by atomic mass is 32.2. The van der Waals surface area contributed by atoms with Crippen LogP contribution in [0.1, 0.15) is 17.6 Å². The molecule has 28 heavy (non-hydrogen) atoms. The molecule has 8 nitrogen and oxygen atoms in total. The van der Waals surface area contributed by atoms with Crippen molar-refractivity contribution >= 4 is 31.4 Å². The van der Waals surface area contributed by atoms with Crippen molar-refractivity contribution in [1.29, 1.82) is 0 Å². The molecule has 0 spiro atoms. The Hall–Kier alpha value is -1.37. The number of ether oxygens (including phenoxy) is 1. The Balaban J connectivity index is 1.77. The van der Waals surface area contributed by atoms with Crippen molar-refractivity contribution < 1.29 is 21.6 Å². The minimum atomic E-state index is -3.75. The fraction of sp³-hybridized carbons (Fsp3) is 0.471. The van der Waals surface area contributed by atoms with Gasteiger partial charge in [0.15, 0.2) is 0 Å². The second-order valence-corrected chi connectivity index (χ2v) is 11.3. The van der Waals surface area contributed by atoms with Crippen molar-refractivity contribution in [2.75, 3.05) is 33.4 Å². The topological polar surface area (TPSA) is 96.9 Å². The van der Waals surface area contributed by atoms with Crippen LogP contribution >= 0.6 is 11.3 Å². The molecule has 0 atom stereocenters. The molecule has 11 heteroatoms. The number of benzene rings is 1.